The third-order valence-electron chi connectivity index (χ3n) is 9.49. The molecular formula is C47H26ClN3O2. The number of para-hydroxylation sites is 1. The highest BCUT2D eigenvalue weighted by atomic mass is 35.5. The number of halogens is 1. The number of benzene rings is 8. The number of furan rings is 2. The molecule has 6 heteroatoms. The van der Waals surface area contributed by atoms with Gasteiger partial charge < -0.3 is 8.83 Å². The van der Waals surface area contributed by atoms with Gasteiger partial charge in [-0.05, 0) is 81.2 Å². The van der Waals surface area contributed by atoms with Gasteiger partial charge >= 0.3 is 0 Å². The molecule has 0 bridgehead atoms. The van der Waals surface area contributed by atoms with Crippen molar-refractivity contribution in [2.75, 3.05) is 0 Å². The van der Waals surface area contributed by atoms with Gasteiger partial charge in [-0.2, -0.15) is 0 Å². The van der Waals surface area contributed by atoms with Gasteiger partial charge in [-0.3, -0.25) is 0 Å². The van der Waals surface area contributed by atoms with E-state index in [0.717, 1.165) is 16.2 Å². The third kappa shape index (κ3) is 4.82. The largest absolute Gasteiger partial charge is 0.456 e. The number of aromatic nitrogens is 3. The van der Waals surface area contributed by atoms with Gasteiger partial charge in [0, 0.05) is 43.3 Å². The fraction of sp³-hybridized carbons (Fsp3) is 0. The molecule has 0 N–H and O–H groups in total. The van der Waals surface area contributed by atoms with Crippen LogP contribution in [0.4, 0.5) is 0 Å². The van der Waals surface area contributed by atoms with Crippen LogP contribution in [-0.4, -0.2) is 15.0 Å². The summed E-state index contributed by atoms with van der Waals surface area (Å²) < 4.78 is 91.4. The summed E-state index contributed by atoms with van der Waals surface area (Å²) in [5.74, 6) is 0.167. The summed E-state index contributed by atoms with van der Waals surface area (Å²) >= 11 is 6.45. The normalized spacial score (nSPS) is 14.2. The Morgan fingerprint density at radius 3 is 2.08 bits per heavy atom. The van der Waals surface area contributed by atoms with Crippen molar-refractivity contribution in [1.29, 1.82) is 0 Å². The second-order valence-corrected chi connectivity index (χ2v) is 13.0. The molecule has 248 valence electrons. The lowest BCUT2D eigenvalue weighted by molar-refractivity contribution is 0.668. The van der Waals surface area contributed by atoms with Gasteiger partial charge in [0.05, 0.1) is 12.3 Å². The number of nitrogens with zero attached hydrogens (tertiary/aromatic N) is 3. The Balaban J connectivity index is 1.19. The van der Waals surface area contributed by atoms with Crippen LogP contribution in [0.3, 0.4) is 0 Å². The van der Waals surface area contributed by atoms with Crippen LogP contribution >= 0.6 is 11.6 Å². The second-order valence-electron chi connectivity index (χ2n) is 12.6. The van der Waals surface area contributed by atoms with Crippen molar-refractivity contribution in [3.8, 4) is 45.3 Å². The standard InChI is InChI=1S/C47H26ClN3O2/c48-31-21-23-41-39(26-31)44-37(14-7-17-42(44)52-41)33-12-5-13-34-32(33)11-6-15-38(34)47-50-45(29-19-18-27-8-1-2-9-28(27)24-29)49-46(51-47)30-20-22-36-35-10-3-4-16-40(35)53-43(36)25-30/h1-26H/i1D,2D,8D,9D,14D,18D,19D,23D,24D. The van der Waals surface area contributed by atoms with Crippen LogP contribution in [0.15, 0.2) is 166 Å². The van der Waals surface area contributed by atoms with E-state index in [9.17, 15) is 1.37 Å². The van der Waals surface area contributed by atoms with Crippen molar-refractivity contribution >= 4 is 77.0 Å². The Kier molecular flexibility index (Phi) is 4.86. The van der Waals surface area contributed by atoms with E-state index in [1.807, 2.05) is 72.8 Å². The molecule has 3 heterocycles. The Morgan fingerprint density at radius 1 is 0.453 bits per heavy atom. The molecule has 0 aliphatic carbocycles. The molecule has 0 fully saturated rings. The average molecular weight is 709 g/mol. The van der Waals surface area contributed by atoms with Crippen molar-refractivity contribution in [2.45, 2.75) is 0 Å². The average Bonchev–Trinajstić information content (AvgIpc) is 3.84. The van der Waals surface area contributed by atoms with Gasteiger partial charge in [0.2, 0.25) is 0 Å². The fourth-order valence-electron chi connectivity index (χ4n) is 7.10. The SMILES string of the molecule is [2H]c1ccc2oc3c([2H])cc(Cl)cc3c2c1-c1cccc2c(-c3nc(-c4ccc5c(c4)oc4ccccc45)nc(-c4c([2H])c([2H])c5c([2H])c([2H])c([2H])c([2H])c5c4[2H])n3)cccc12. The molecule has 11 aromatic rings. The van der Waals surface area contributed by atoms with Crippen LogP contribution in [0.2, 0.25) is 5.02 Å². The topological polar surface area (TPSA) is 65.0 Å². The Bertz CT molecular complexity index is 3790. The van der Waals surface area contributed by atoms with Gasteiger partial charge in [-0.25, -0.2) is 15.0 Å². The van der Waals surface area contributed by atoms with Gasteiger partial charge in [0.15, 0.2) is 17.5 Å². The van der Waals surface area contributed by atoms with Crippen molar-refractivity contribution in [2.24, 2.45) is 0 Å². The second kappa shape index (κ2) is 11.6. The highest BCUT2D eigenvalue weighted by Crippen LogP contribution is 2.42. The molecule has 0 radical (unpaired) electrons. The number of hydrogen-bond donors (Lipinski definition) is 0. The van der Waals surface area contributed by atoms with E-state index in [4.69, 9.17) is 46.4 Å². The van der Waals surface area contributed by atoms with E-state index < -0.39 is 42.3 Å². The lowest BCUT2D eigenvalue weighted by Crippen LogP contribution is -2.00. The first kappa shape index (κ1) is 22.2. The number of hydrogen-bond acceptors (Lipinski definition) is 5. The van der Waals surface area contributed by atoms with E-state index >= 15 is 0 Å². The number of fused-ring (bicyclic) bond motifs is 8. The zero-order chi connectivity index (χ0) is 42.9. The van der Waals surface area contributed by atoms with Crippen LogP contribution in [0.5, 0.6) is 0 Å². The maximum Gasteiger partial charge on any atom is 0.164 e. The van der Waals surface area contributed by atoms with Crippen molar-refractivity contribution in [1.82, 2.24) is 15.0 Å². The zero-order valence-electron chi connectivity index (χ0n) is 36.4. The minimum atomic E-state index is -0.569. The molecule has 8 aromatic carbocycles. The lowest BCUT2D eigenvalue weighted by Gasteiger charge is -2.13. The van der Waals surface area contributed by atoms with Crippen LogP contribution < -0.4 is 0 Å². The lowest BCUT2D eigenvalue weighted by atomic mass is 9.93. The van der Waals surface area contributed by atoms with Gasteiger partial charge in [-0.15, -0.1) is 0 Å². The summed E-state index contributed by atoms with van der Waals surface area (Å²) in [5, 5.41) is 4.37. The predicted molar refractivity (Wildman–Crippen MR) is 216 cm³/mol. The smallest absolute Gasteiger partial charge is 0.164 e. The summed E-state index contributed by atoms with van der Waals surface area (Å²) in [6.07, 6.45) is 0. The quantitative estimate of drug-likeness (QED) is 0.182. The molecule has 0 spiro atoms. The van der Waals surface area contributed by atoms with E-state index in [1.54, 1.807) is 24.3 Å². The molecule has 53 heavy (non-hydrogen) atoms. The molecule has 0 saturated heterocycles. The van der Waals surface area contributed by atoms with Gasteiger partial charge in [0.25, 0.3) is 0 Å². The molecule has 0 saturated carbocycles. The first-order valence-electron chi connectivity index (χ1n) is 21.2. The number of rotatable bonds is 4. The van der Waals surface area contributed by atoms with Crippen molar-refractivity contribution < 1.29 is 21.2 Å². The monoisotopic (exact) mass is 708 g/mol. The minimum Gasteiger partial charge on any atom is -0.456 e. The molecule has 5 nitrogen and oxygen atoms in total. The van der Waals surface area contributed by atoms with Crippen molar-refractivity contribution in [3.05, 3.63) is 163 Å². The van der Waals surface area contributed by atoms with Crippen LogP contribution in [0.1, 0.15) is 12.3 Å². The van der Waals surface area contributed by atoms with E-state index in [1.165, 1.54) is 6.07 Å². The summed E-state index contributed by atoms with van der Waals surface area (Å²) in [5.41, 5.74) is 4.26. The fourth-order valence-corrected chi connectivity index (χ4v) is 7.26. The first-order chi connectivity index (χ1) is 29.9. The first-order valence-corrected chi connectivity index (χ1v) is 17.1. The van der Waals surface area contributed by atoms with Gasteiger partial charge in [0.1, 0.15) is 22.3 Å². The zero-order valence-corrected chi connectivity index (χ0v) is 28.1. The Labute approximate surface area is 320 Å². The van der Waals surface area contributed by atoms with E-state index in [-0.39, 0.29) is 45.9 Å². The molecule has 0 atom stereocenters. The molecule has 0 unspecified atom stereocenters. The predicted octanol–water partition coefficient (Wildman–Crippen LogP) is 13.3. The van der Waals surface area contributed by atoms with Crippen LogP contribution in [0, 0.1) is 0 Å². The van der Waals surface area contributed by atoms with Crippen LogP contribution in [0.25, 0.3) is 111 Å². The molecular weight excluding hydrogens is 674 g/mol. The molecule has 0 amide bonds. The minimum absolute atomic E-state index is 0.123. The maximum absolute atomic E-state index is 9.34. The maximum atomic E-state index is 9.34. The summed E-state index contributed by atoms with van der Waals surface area (Å²) in [7, 11) is 0. The summed E-state index contributed by atoms with van der Waals surface area (Å²) in [4.78, 5) is 14.7. The molecule has 11 rings (SSSR count). The summed E-state index contributed by atoms with van der Waals surface area (Å²) in [6.45, 7) is 0. The highest BCUT2D eigenvalue weighted by molar-refractivity contribution is 6.32. The van der Waals surface area contributed by atoms with Gasteiger partial charge in [-0.1, -0.05) is 121 Å². The molecule has 3 aromatic heterocycles. The third-order valence-corrected chi connectivity index (χ3v) is 9.70. The molecule has 0 aliphatic heterocycles. The Morgan fingerprint density at radius 2 is 1.17 bits per heavy atom. The van der Waals surface area contributed by atoms with E-state index in [2.05, 4.69) is 0 Å². The highest BCUT2D eigenvalue weighted by Gasteiger charge is 2.19. The summed E-state index contributed by atoms with van der Waals surface area (Å²) in [6, 6.07) is 27.8. The van der Waals surface area contributed by atoms with E-state index in [0.29, 0.717) is 65.8 Å². The Hall–Kier alpha value is -6.82. The van der Waals surface area contributed by atoms with Crippen LogP contribution in [-0.2, 0) is 0 Å². The van der Waals surface area contributed by atoms with Crippen molar-refractivity contribution in [3.63, 3.8) is 0 Å². The molecule has 0 aliphatic rings.